The lowest BCUT2D eigenvalue weighted by Crippen LogP contribution is -2.31. The first-order chi connectivity index (χ1) is 14.2. The monoisotopic (exact) mass is 408 g/mol. The number of carbonyl (C=O) groups excluding carboxylic acids is 1. The van der Waals surface area contributed by atoms with Crippen LogP contribution in [0.25, 0.3) is 0 Å². The first kappa shape index (κ1) is 19.8. The molecule has 0 saturated carbocycles. The minimum absolute atomic E-state index is 0.0353. The number of nitro groups is 1. The summed E-state index contributed by atoms with van der Waals surface area (Å²) in [5, 5.41) is 30.5. The summed E-state index contributed by atoms with van der Waals surface area (Å²) in [5.41, 5.74) is 2.52. The molecule has 156 valence electrons. The predicted molar refractivity (Wildman–Crippen MR) is 111 cm³/mol. The van der Waals surface area contributed by atoms with Crippen LogP contribution in [0.5, 0.6) is 11.5 Å². The maximum Gasteiger partial charge on any atom is 0.265 e. The van der Waals surface area contributed by atoms with Crippen molar-refractivity contribution in [1.29, 1.82) is 0 Å². The van der Waals surface area contributed by atoms with Crippen molar-refractivity contribution >= 4 is 22.8 Å². The second kappa shape index (κ2) is 7.05. The number of methoxy groups -OCH3 is 1. The number of benzene rings is 2. The molecule has 4 rings (SSSR count). The first-order valence-corrected chi connectivity index (χ1v) is 9.62. The lowest BCUT2D eigenvalue weighted by molar-refractivity contribution is -0.398. The summed E-state index contributed by atoms with van der Waals surface area (Å²) in [7, 11) is 1.29. The Labute approximate surface area is 173 Å². The molecule has 0 fully saturated rings. The zero-order chi connectivity index (χ0) is 21.6. The number of carbonyl (C=O) groups is 1. The highest BCUT2D eigenvalue weighted by molar-refractivity contribution is 6.01. The molecule has 2 aliphatic rings. The minimum atomic E-state index is -0.788. The van der Waals surface area contributed by atoms with E-state index >= 15 is 0 Å². The second-order valence-electron chi connectivity index (χ2n) is 8.41. The molecular weight excluding hydrogens is 386 g/mol. The van der Waals surface area contributed by atoms with Crippen LogP contribution in [0, 0.1) is 15.5 Å². The Kier molecular flexibility index (Phi) is 4.64. The van der Waals surface area contributed by atoms with E-state index in [1.54, 1.807) is 0 Å². The Morgan fingerprint density at radius 2 is 1.87 bits per heavy atom. The van der Waals surface area contributed by atoms with E-state index in [-0.39, 0.29) is 16.9 Å². The molecule has 0 spiro atoms. The van der Waals surface area contributed by atoms with E-state index in [4.69, 9.17) is 4.74 Å². The number of para-hydroxylation sites is 2. The molecule has 0 saturated heterocycles. The number of nitrogens with one attached hydrogen (secondary N) is 2. The summed E-state index contributed by atoms with van der Waals surface area (Å²) >= 11 is 0. The third kappa shape index (κ3) is 3.34. The van der Waals surface area contributed by atoms with Gasteiger partial charge in [-0.1, -0.05) is 26.0 Å². The SMILES string of the molecule is COc1cc([C@@H]2Nc3ccccc3NC3=C2C(=O)CC(C)(C)C3)cc([N+](=O)[O-])c1[O-]. The van der Waals surface area contributed by atoms with Gasteiger partial charge in [-0.3, -0.25) is 14.9 Å². The number of hydrogen-bond acceptors (Lipinski definition) is 7. The van der Waals surface area contributed by atoms with Crippen LogP contribution in [0.1, 0.15) is 38.3 Å². The quantitative estimate of drug-likeness (QED) is 0.584. The summed E-state index contributed by atoms with van der Waals surface area (Å²) in [6, 6.07) is 9.58. The van der Waals surface area contributed by atoms with Gasteiger partial charge in [0.1, 0.15) is 5.75 Å². The van der Waals surface area contributed by atoms with Gasteiger partial charge in [0.15, 0.2) is 5.78 Å². The van der Waals surface area contributed by atoms with E-state index in [1.807, 2.05) is 38.1 Å². The van der Waals surface area contributed by atoms with E-state index in [2.05, 4.69) is 10.6 Å². The van der Waals surface area contributed by atoms with Crippen LogP contribution < -0.4 is 20.5 Å². The molecular formula is C22H22N3O5-. The Hall–Kier alpha value is -3.55. The lowest BCUT2D eigenvalue weighted by Gasteiger charge is -2.34. The Morgan fingerprint density at radius 1 is 1.17 bits per heavy atom. The van der Waals surface area contributed by atoms with Crippen molar-refractivity contribution in [2.45, 2.75) is 32.7 Å². The van der Waals surface area contributed by atoms with Crippen LogP contribution in [0.15, 0.2) is 47.7 Å². The van der Waals surface area contributed by atoms with Crippen molar-refractivity contribution in [2.24, 2.45) is 5.41 Å². The normalized spacial score (nSPS) is 19.7. The highest BCUT2D eigenvalue weighted by Crippen LogP contribution is 2.47. The number of nitro benzene ring substituents is 1. The molecule has 0 bridgehead atoms. The molecule has 2 N–H and O–H groups in total. The Balaban J connectivity index is 1.94. The molecule has 1 atom stereocenters. The smallest absolute Gasteiger partial charge is 0.265 e. The van der Waals surface area contributed by atoms with Crippen LogP contribution in [0.2, 0.25) is 0 Å². The number of Topliss-reactive ketones (excluding diaryl/α,β-unsaturated/α-hetero) is 1. The van der Waals surface area contributed by atoms with E-state index in [1.165, 1.54) is 19.2 Å². The number of rotatable bonds is 3. The molecule has 1 aliphatic heterocycles. The van der Waals surface area contributed by atoms with E-state index in [9.17, 15) is 20.0 Å². The number of ether oxygens (including phenoxy) is 1. The Morgan fingerprint density at radius 3 is 2.53 bits per heavy atom. The van der Waals surface area contributed by atoms with Gasteiger partial charge in [0.05, 0.1) is 29.4 Å². The molecule has 2 aromatic rings. The van der Waals surface area contributed by atoms with Gasteiger partial charge in [0, 0.05) is 29.5 Å². The largest absolute Gasteiger partial charge is 0.865 e. The molecule has 8 nitrogen and oxygen atoms in total. The predicted octanol–water partition coefficient (Wildman–Crippen LogP) is 3.90. The van der Waals surface area contributed by atoms with Gasteiger partial charge in [-0.25, -0.2) is 0 Å². The number of nitrogens with zero attached hydrogens (tertiary/aromatic N) is 1. The summed E-state index contributed by atoms with van der Waals surface area (Å²) in [5.74, 6) is -0.951. The zero-order valence-corrected chi connectivity index (χ0v) is 16.9. The highest BCUT2D eigenvalue weighted by atomic mass is 16.6. The van der Waals surface area contributed by atoms with Gasteiger partial charge in [-0.05, 0) is 35.6 Å². The van der Waals surface area contributed by atoms with Crippen molar-refractivity contribution in [3.05, 3.63) is 63.3 Å². The summed E-state index contributed by atoms with van der Waals surface area (Å²) in [6.07, 6.45) is 1.01. The minimum Gasteiger partial charge on any atom is -0.865 e. The van der Waals surface area contributed by atoms with Crippen molar-refractivity contribution in [3.63, 3.8) is 0 Å². The Bertz CT molecular complexity index is 1090. The standard InChI is InChI=1S/C22H23N3O5/c1-22(2)10-15-19(17(26)11-22)20(24-14-7-5-4-6-13(14)23-15)12-8-16(25(28)29)21(27)18(9-12)30-3/h4-9,20,23-24,27H,10-11H2,1-3H3/p-1/t20-/m0/s1. The van der Waals surface area contributed by atoms with Crippen LogP contribution in [-0.2, 0) is 4.79 Å². The molecule has 0 radical (unpaired) electrons. The fraction of sp³-hybridized carbons (Fsp3) is 0.318. The highest BCUT2D eigenvalue weighted by Gasteiger charge is 2.39. The van der Waals surface area contributed by atoms with Crippen LogP contribution in [-0.4, -0.2) is 17.8 Å². The molecule has 0 aromatic heterocycles. The van der Waals surface area contributed by atoms with Gasteiger partial charge in [-0.2, -0.15) is 0 Å². The molecule has 1 aliphatic carbocycles. The molecule has 2 aromatic carbocycles. The maximum absolute atomic E-state index is 13.2. The third-order valence-corrected chi connectivity index (χ3v) is 5.53. The molecule has 8 heteroatoms. The van der Waals surface area contributed by atoms with Gasteiger partial charge in [-0.15, -0.1) is 0 Å². The van der Waals surface area contributed by atoms with Crippen molar-refractivity contribution in [3.8, 4) is 11.5 Å². The van der Waals surface area contributed by atoms with E-state index in [0.717, 1.165) is 17.1 Å². The topological polar surface area (TPSA) is 117 Å². The number of anilines is 2. The fourth-order valence-electron chi connectivity index (χ4n) is 4.20. The average molecular weight is 408 g/mol. The summed E-state index contributed by atoms with van der Waals surface area (Å²) in [6.45, 7) is 4.07. The van der Waals surface area contributed by atoms with Crippen LogP contribution in [0.3, 0.4) is 0 Å². The first-order valence-electron chi connectivity index (χ1n) is 9.62. The fourth-order valence-corrected chi connectivity index (χ4v) is 4.20. The summed E-state index contributed by atoms with van der Waals surface area (Å²) < 4.78 is 5.10. The zero-order valence-electron chi connectivity index (χ0n) is 16.9. The number of ketones is 1. The lowest BCUT2D eigenvalue weighted by atomic mass is 9.73. The summed E-state index contributed by atoms with van der Waals surface area (Å²) in [4.78, 5) is 23.9. The molecule has 1 heterocycles. The number of allylic oxidation sites excluding steroid dienone is 1. The number of fused-ring (bicyclic) bond motifs is 1. The molecule has 30 heavy (non-hydrogen) atoms. The third-order valence-electron chi connectivity index (χ3n) is 5.53. The van der Waals surface area contributed by atoms with Gasteiger partial charge >= 0.3 is 0 Å². The van der Waals surface area contributed by atoms with Gasteiger partial charge in [0.25, 0.3) is 5.69 Å². The van der Waals surface area contributed by atoms with Gasteiger partial charge < -0.3 is 20.5 Å². The van der Waals surface area contributed by atoms with Crippen molar-refractivity contribution in [2.75, 3.05) is 17.7 Å². The van der Waals surface area contributed by atoms with Crippen LogP contribution >= 0.6 is 0 Å². The van der Waals surface area contributed by atoms with E-state index < -0.39 is 22.4 Å². The number of hydrogen-bond donors (Lipinski definition) is 2. The van der Waals surface area contributed by atoms with Crippen molar-refractivity contribution < 1.29 is 19.6 Å². The second-order valence-corrected chi connectivity index (χ2v) is 8.41. The van der Waals surface area contributed by atoms with Gasteiger partial charge in [0.2, 0.25) is 0 Å². The molecule has 0 amide bonds. The van der Waals surface area contributed by atoms with E-state index in [0.29, 0.717) is 24.0 Å². The van der Waals surface area contributed by atoms with Crippen molar-refractivity contribution in [1.82, 2.24) is 0 Å². The maximum atomic E-state index is 13.2. The average Bonchev–Trinajstić information content (AvgIpc) is 2.83. The van der Waals surface area contributed by atoms with Crippen LogP contribution in [0.4, 0.5) is 17.1 Å². The molecule has 0 unspecified atom stereocenters.